The number of fused-ring (bicyclic) bond motifs is 1. The van der Waals surface area contributed by atoms with Crippen molar-refractivity contribution in [3.63, 3.8) is 0 Å². The summed E-state index contributed by atoms with van der Waals surface area (Å²) in [5, 5.41) is 36.4. The van der Waals surface area contributed by atoms with Crippen molar-refractivity contribution in [2.24, 2.45) is 0 Å². The fraction of sp³-hybridized carbons (Fsp3) is 0.353. The number of aliphatic hydroxyl groups excluding tert-OH is 3. The lowest BCUT2D eigenvalue weighted by molar-refractivity contribution is 0.0197. The summed E-state index contributed by atoms with van der Waals surface area (Å²) in [4.78, 5) is 12.4. The molecule has 0 radical (unpaired) electrons. The average Bonchev–Trinajstić information content (AvgIpc) is 2.86. The van der Waals surface area contributed by atoms with Crippen LogP contribution in [0.1, 0.15) is 10.4 Å². The van der Waals surface area contributed by atoms with Gasteiger partial charge in [0.25, 0.3) is 5.91 Å². The summed E-state index contributed by atoms with van der Waals surface area (Å²) >= 11 is 0. The van der Waals surface area contributed by atoms with Crippen LogP contribution in [0.2, 0.25) is 0 Å². The molecule has 1 heterocycles. The number of nitrogens with one attached hydrogen (secondary N) is 2. The highest BCUT2D eigenvalue weighted by molar-refractivity contribution is 6.07. The first-order valence-corrected chi connectivity index (χ1v) is 7.61. The summed E-state index contributed by atoms with van der Waals surface area (Å²) in [7, 11) is 0. The highest BCUT2D eigenvalue weighted by atomic mass is 16.3. The van der Waals surface area contributed by atoms with Crippen LogP contribution in [-0.4, -0.2) is 58.7 Å². The fourth-order valence-corrected chi connectivity index (χ4v) is 3.01. The second-order valence-electron chi connectivity index (χ2n) is 5.78. The zero-order chi connectivity index (χ0) is 16.4. The molecule has 23 heavy (non-hydrogen) atoms. The number of rotatable bonds is 4. The Morgan fingerprint density at radius 3 is 2.48 bits per heavy atom. The molecular formula is C17H20N2O4. The first kappa shape index (κ1) is 15.9. The number of carbonyl (C=O) groups excluding carboxylic acids is 1. The highest BCUT2D eigenvalue weighted by Crippen LogP contribution is 2.19. The summed E-state index contributed by atoms with van der Waals surface area (Å²) in [6.07, 6.45) is -2.07. The van der Waals surface area contributed by atoms with E-state index in [0.717, 1.165) is 10.8 Å². The van der Waals surface area contributed by atoms with Gasteiger partial charge in [0.1, 0.15) is 0 Å². The van der Waals surface area contributed by atoms with Gasteiger partial charge in [-0.25, -0.2) is 0 Å². The van der Waals surface area contributed by atoms with Crippen LogP contribution in [-0.2, 0) is 0 Å². The van der Waals surface area contributed by atoms with Crippen molar-refractivity contribution in [3.05, 3.63) is 48.0 Å². The highest BCUT2D eigenvalue weighted by Gasteiger charge is 2.40. The van der Waals surface area contributed by atoms with E-state index in [1.807, 2.05) is 36.4 Å². The first-order valence-electron chi connectivity index (χ1n) is 7.61. The van der Waals surface area contributed by atoms with Crippen LogP contribution in [0.4, 0.5) is 0 Å². The molecule has 4 atom stereocenters. The molecule has 0 bridgehead atoms. The molecule has 1 aliphatic heterocycles. The van der Waals surface area contributed by atoms with Crippen LogP contribution in [0.25, 0.3) is 10.8 Å². The minimum absolute atomic E-state index is 0.163. The van der Waals surface area contributed by atoms with Gasteiger partial charge in [-0.3, -0.25) is 4.79 Å². The lowest BCUT2D eigenvalue weighted by Gasteiger charge is -2.17. The molecule has 0 saturated carbocycles. The molecule has 6 heteroatoms. The zero-order valence-corrected chi connectivity index (χ0v) is 12.5. The second kappa shape index (κ2) is 6.64. The number of amides is 1. The molecule has 122 valence electrons. The molecule has 2 aromatic rings. The fourth-order valence-electron chi connectivity index (χ4n) is 3.01. The van der Waals surface area contributed by atoms with Gasteiger partial charge in [0, 0.05) is 12.1 Å². The molecule has 3 rings (SSSR count). The Labute approximate surface area is 133 Å². The van der Waals surface area contributed by atoms with E-state index < -0.39 is 24.3 Å². The van der Waals surface area contributed by atoms with E-state index in [2.05, 4.69) is 10.6 Å². The summed E-state index contributed by atoms with van der Waals surface area (Å²) in [6, 6.07) is 12.1. The Kier molecular flexibility index (Phi) is 4.58. The molecule has 1 aliphatic rings. The second-order valence-corrected chi connectivity index (χ2v) is 5.78. The lowest BCUT2D eigenvalue weighted by atomic mass is 10.0. The Balaban J connectivity index is 1.70. The summed E-state index contributed by atoms with van der Waals surface area (Å²) in [6.45, 7) is -0.108. The predicted molar refractivity (Wildman–Crippen MR) is 86.1 cm³/mol. The van der Waals surface area contributed by atoms with Gasteiger partial charge < -0.3 is 26.0 Å². The third-order valence-corrected chi connectivity index (χ3v) is 4.32. The SMILES string of the molecule is O=C(NC[C@H]1N[C@H](CO)[C@@H](O)[C@@H]1O)c1cccc2ccccc12. The summed E-state index contributed by atoms with van der Waals surface area (Å²) in [5.74, 6) is -0.238. The van der Waals surface area contributed by atoms with Crippen LogP contribution in [0.15, 0.2) is 42.5 Å². The van der Waals surface area contributed by atoms with Crippen molar-refractivity contribution in [1.29, 1.82) is 0 Å². The third-order valence-electron chi connectivity index (χ3n) is 4.32. The Morgan fingerprint density at radius 2 is 1.74 bits per heavy atom. The quantitative estimate of drug-likeness (QED) is 0.529. The van der Waals surface area contributed by atoms with E-state index in [1.165, 1.54) is 0 Å². The summed E-state index contributed by atoms with van der Waals surface area (Å²) < 4.78 is 0. The topological polar surface area (TPSA) is 102 Å². The molecule has 0 aliphatic carbocycles. The van der Waals surface area contributed by atoms with Crippen molar-refractivity contribution in [2.45, 2.75) is 24.3 Å². The molecule has 0 aromatic heterocycles. The molecule has 1 saturated heterocycles. The van der Waals surface area contributed by atoms with E-state index in [-0.39, 0.29) is 19.1 Å². The van der Waals surface area contributed by atoms with Gasteiger partial charge >= 0.3 is 0 Å². The average molecular weight is 316 g/mol. The molecule has 0 spiro atoms. The van der Waals surface area contributed by atoms with E-state index >= 15 is 0 Å². The van der Waals surface area contributed by atoms with Gasteiger partial charge in [0.15, 0.2) is 0 Å². The van der Waals surface area contributed by atoms with Crippen molar-refractivity contribution in [1.82, 2.24) is 10.6 Å². The van der Waals surface area contributed by atoms with E-state index in [0.29, 0.717) is 5.56 Å². The van der Waals surface area contributed by atoms with Crippen LogP contribution < -0.4 is 10.6 Å². The lowest BCUT2D eigenvalue weighted by Crippen LogP contribution is -2.44. The Hall–Kier alpha value is -1.99. The van der Waals surface area contributed by atoms with Gasteiger partial charge in [0.05, 0.1) is 30.9 Å². The molecular weight excluding hydrogens is 296 g/mol. The Bertz CT molecular complexity index is 701. The maximum atomic E-state index is 12.4. The van der Waals surface area contributed by atoms with Crippen molar-refractivity contribution in [2.75, 3.05) is 13.2 Å². The first-order chi connectivity index (χ1) is 11.1. The van der Waals surface area contributed by atoms with Gasteiger partial charge in [-0.15, -0.1) is 0 Å². The third kappa shape index (κ3) is 3.07. The van der Waals surface area contributed by atoms with Crippen LogP contribution in [0.5, 0.6) is 0 Å². The van der Waals surface area contributed by atoms with Crippen molar-refractivity contribution < 1.29 is 20.1 Å². The van der Waals surface area contributed by atoms with Crippen LogP contribution in [0.3, 0.4) is 0 Å². The molecule has 1 amide bonds. The number of aliphatic hydroxyl groups is 3. The zero-order valence-electron chi connectivity index (χ0n) is 12.5. The van der Waals surface area contributed by atoms with E-state index in [1.54, 1.807) is 6.07 Å². The summed E-state index contributed by atoms with van der Waals surface area (Å²) in [5.41, 5.74) is 0.565. The molecule has 5 N–H and O–H groups in total. The number of hydrogen-bond donors (Lipinski definition) is 5. The van der Waals surface area contributed by atoms with Crippen LogP contribution >= 0.6 is 0 Å². The maximum Gasteiger partial charge on any atom is 0.251 e. The largest absolute Gasteiger partial charge is 0.395 e. The van der Waals surface area contributed by atoms with Gasteiger partial charge in [-0.05, 0) is 16.8 Å². The molecule has 1 fully saturated rings. The Morgan fingerprint density at radius 1 is 1.04 bits per heavy atom. The standard InChI is InChI=1S/C17H20N2O4/c20-9-14-16(22)15(21)13(19-14)8-18-17(23)12-7-3-5-10-4-1-2-6-11(10)12/h1-7,13-16,19-22H,8-9H2,(H,18,23)/t13-,14-,15-,16-/m1/s1. The minimum Gasteiger partial charge on any atom is -0.395 e. The monoisotopic (exact) mass is 316 g/mol. The van der Waals surface area contributed by atoms with Gasteiger partial charge in [0.2, 0.25) is 0 Å². The number of carbonyl (C=O) groups is 1. The smallest absolute Gasteiger partial charge is 0.251 e. The van der Waals surface area contributed by atoms with Gasteiger partial charge in [-0.1, -0.05) is 36.4 Å². The molecule has 6 nitrogen and oxygen atoms in total. The number of benzene rings is 2. The van der Waals surface area contributed by atoms with E-state index in [4.69, 9.17) is 5.11 Å². The minimum atomic E-state index is -1.04. The van der Waals surface area contributed by atoms with E-state index in [9.17, 15) is 15.0 Å². The molecule has 2 aromatic carbocycles. The normalized spacial score (nSPS) is 27.3. The predicted octanol–water partition coefficient (Wildman–Crippen LogP) is -0.376. The number of hydrogen-bond acceptors (Lipinski definition) is 5. The van der Waals surface area contributed by atoms with Crippen LogP contribution in [0, 0.1) is 0 Å². The van der Waals surface area contributed by atoms with Crippen molar-refractivity contribution in [3.8, 4) is 0 Å². The van der Waals surface area contributed by atoms with Crippen molar-refractivity contribution >= 4 is 16.7 Å². The van der Waals surface area contributed by atoms with Gasteiger partial charge in [-0.2, -0.15) is 0 Å². The molecule has 0 unspecified atom stereocenters. The maximum absolute atomic E-state index is 12.4.